The van der Waals surface area contributed by atoms with Gasteiger partial charge in [0.25, 0.3) is 0 Å². The fraction of sp³-hybridized carbons (Fsp3) is 0.643. The average molecular weight is 265 g/mol. The Morgan fingerprint density at radius 3 is 3.00 bits per heavy atom. The van der Waals surface area contributed by atoms with Crippen molar-refractivity contribution in [3.63, 3.8) is 0 Å². The van der Waals surface area contributed by atoms with E-state index >= 15 is 0 Å². The summed E-state index contributed by atoms with van der Waals surface area (Å²) in [5, 5.41) is 9.28. The SMILES string of the molecule is CC(C)Oc1nc(N2CCCC(CO)C2)ccc1N. The van der Waals surface area contributed by atoms with Crippen molar-refractivity contribution in [3.05, 3.63) is 12.1 Å². The number of pyridine rings is 1. The molecule has 1 aliphatic rings. The first-order valence-electron chi connectivity index (χ1n) is 6.89. The van der Waals surface area contributed by atoms with Gasteiger partial charge in [0.15, 0.2) is 0 Å². The number of hydrogen-bond donors (Lipinski definition) is 2. The van der Waals surface area contributed by atoms with Crippen LogP contribution in [0.1, 0.15) is 26.7 Å². The number of nitrogens with zero attached hydrogens (tertiary/aromatic N) is 2. The molecule has 1 unspecified atom stereocenters. The van der Waals surface area contributed by atoms with Crippen LogP contribution in [0.3, 0.4) is 0 Å². The number of nitrogens with two attached hydrogens (primary N) is 1. The normalized spacial score (nSPS) is 19.8. The molecule has 1 aromatic rings. The first kappa shape index (κ1) is 13.9. The summed E-state index contributed by atoms with van der Waals surface area (Å²) in [6.07, 6.45) is 2.21. The van der Waals surface area contributed by atoms with E-state index in [0.29, 0.717) is 17.5 Å². The van der Waals surface area contributed by atoms with Crippen molar-refractivity contribution in [1.82, 2.24) is 4.98 Å². The topological polar surface area (TPSA) is 71.6 Å². The van der Waals surface area contributed by atoms with Crippen molar-refractivity contribution in [1.29, 1.82) is 0 Å². The number of hydrogen-bond acceptors (Lipinski definition) is 5. The third-order valence-corrected chi connectivity index (χ3v) is 3.32. The summed E-state index contributed by atoms with van der Waals surface area (Å²) in [6, 6.07) is 3.75. The Bertz CT molecular complexity index is 423. The van der Waals surface area contributed by atoms with E-state index < -0.39 is 0 Å². The molecule has 2 heterocycles. The van der Waals surface area contributed by atoms with Gasteiger partial charge in [0, 0.05) is 19.7 Å². The van der Waals surface area contributed by atoms with E-state index in [1.54, 1.807) is 0 Å². The first-order valence-corrected chi connectivity index (χ1v) is 6.89. The molecule has 0 bridgehead atoms. The van der Waals surface area contributed by atoms with Gasteiger partial charge in [-0.05, 0) is 44.7 Å². The van der Waals surface area contributed by atoms with E-state index in [1.165, 1.54) is 0 Å². The number of nitrogen functional groups attached to an aromatic ring is 1. The second-order valence-electron chi connectivity index (χ2n) is 5.37. The lowest BCUT2D eigenvalue weighted by Gasteiger charge is -2.33. The van der Waals surface area contributed by atoms with Crippen LogP contribution in [0.5, 0.6) is 5.88 Å². The molecule has 1 atom stereocenters. The van der Waals surface area contributed by atoms with E-state index in [-0.39, 0.29) is 12.7 Å². The molecule has 1 aliphatic heterocycles. The van der Waals surface area contributed by atoms with Crippen molar-refractivity contribution < 1.29 is 9.84 Å². The Morgan fingerprint density at radius 1 is 1.53 bits per heavy atom. The molecule has 1 saturated heterocycles. The summed E-state index contributed by atoms with van der Waals surface area (Å²) >= 11 is 0. The fourth-order valence-corrected chi connectivity index (χ4v) is 2.36. The van der Waals surface area contributed by atoms with Gasteiger partial charge in [-0.1, -0.05) is 0 Å². The van der Waals surface area contributed by atoms with Crippen molar-refractivity contribution >= 4 is 11.5 Å². The van der Waals surface area contributed by atoms with Crippen molar-refractivity contribution in [2.45, 2.75) is 32.8 Å². The van der Waals surface area contributed by atoms with Gasteiger partial charge >= 0.3 is 0 Å². The number of ether oxygens (including phenoxy) is 1. The number of aliphatic hydroxyl groups is 1. The summed E-state index contributed by atoms with van der Waals surface area (Å²) in [6.45, 7) is 5.96. The number of aliphatic hydroxyl groups excluding tert-OH is 1. The molecule has 19 heavy (non-hydrogen) atoms. The summed E-state index contributed by atoms with van der Waals surface area (Å²) in [4.78, 5) is 6.69. The summed E-state index contributed by atoms with van der Waals surface area (Å²) < 4.78 is 5.62. The average Bonchev–Trinajstić information content (AvgIpc) is 2.41. The van der Waals surface area contributed by atoms with Gasteiger partial charge in [0.2, 0.25) is 5.88 Å². The van der Waals surface area contributed by atoms with Crippen molar-refractivity contribution in [2.75, 3.05) is 30.3 Å². The van der Waals surface area contributed by atoms with Crippen LogP contribution in [0.15, 0.2) is 12.1 Å². The fourth-order valence-electron chi connectivity index (χ4n) is 2.36. The van der Waals surface area contributed by atoms with Gasteiger partial charge in [-0.15, -0.1) is 0 Å². The first-order chi connectivity index (χ1) is 9.10. The molecule has 0 saturated carbocycles. The smallest absolute Gasteiger partial charge is 0.239 e. The Balaban J connectivity index is 2.15. The zero-order valence-electron chi connectivity index (χ0n) is 11.7. The lowest BCUT2D eigenvalue weighted by atomic mass is 9.99. The van der Waals surface area contributed by atoms with Crippen LogP contribution in [0.2, 0.25) is 0 Å². The quantitative estimate of drug-likeness (QED) is 0.866. The van der Waals surface area contributed by atoms with Crippen LogP contribution >= 0.6 is 0 Å². The molecule has 0 spiro atoms. The Hall–Kier alpha value is -1.49. The minimum absolute atomic E-state index is 0.0524. The highest BCUT2D eigenvalue weighted by Crippen LogP contribution is 2.27. The van der Waals surface area contributed by atoms with E-state index in [0.717, 1.165) is 31.7 Å². The van der Waals surface area contributed by atoms with Gasteiger partial charge in [0.1, 0.15) is 5.82 Å². The van der Waals surface area contributed by atoms with Crippen LogP contribution in [-0.2, 0) is 0 Å². The zero-order valence-corrected chi connectivity index (χ0v) is 11.7. The predicted octanol–water partition coefficient (Wildman–Crippen LogP) is 1.66. The maximum Gasteiger partial charge on any atom is 0.239 e. The van der Waals surface area contributed by atoms with Crippen LogP contribution < -0.4 is 15.4 Å². The summed E-state index contributed by atoms with van der Waals surface area (Å²) in [5.74, 6) is 1.71. The highest BCUT2D eigenvalue weighted by Gasteiger charge is 2.21. The number of aromatic nitrogens is 1. The van der Waals surface area contributed by atoms with Gasteiger partial charge in [-0.3, -0.25) is 0 Å². The number of rotatable bonds is 4. The lowest BCUT2D eigenvalue weighted by Crippen LogP contribution is -2.37. The summed E-state index contributed by atoms with van der Waals surface area (Å²) in [7, 11) is 0. The van der Waals surface area contributed by atoms with E-state index in [2.05, 4.69) is 9.88 Å². The third-order valence-electron chi connectivity index (χ3n) is 3.32. The van der Waals surface area contributed by atoms with Crippen LogP contribution in [0.25, 0.3) is 0 Å². The molecule has 3 N–H and O–H groups in total. The molecule has 1 aromatic heterocycles. The van der Waals surface area contributed by atoms with Gasteiger partial charge in [-0.2, -0.15) is 4.98 Å². The molecular weight excluding hydrogens is 242 g/mol. The molecular formula is C14H23N3O2. The van der Waals surface area contributed by atoms with E-state index in [1.807, 2.05) is 26.0 Å². The van der Waals surface area contributed by atoms with Gasteiger partial charge in [-0.25, -0.2) is 0 Å². The third kappa shape index (κ3) is 3.50. The van der Waals surface area contributed by atoms with E-state index in [9.17, 15) is 5.11 Å². The molecule has 0 aliphatic carbocycles. The molecule has 0 amide bonds. The Morgan fingerprint density at radius 2 is 2.32 bits per heavy atom. The second kappa shape index (κ2) is 6.10. The van der Waals surface area contributed by atoms with Crippen molar-refractivity contribution in [2.24, 2.45) is 5.92 Å². The van der Waals surface area contributed by atoms with Gasteiger partial charge < -0.3 is 20.5 Å². The Labute approximate surface area is 114 Å². The largest absolute Gasteiger partial charge is 0.473 e. The Kier molecular flexibility index (Phi) is 4.47. The zero-order chi connectivity index (χ0) is 13.8. The van der Waals surface area contributed by atoms with Crippen molar-refractivity contribution in [3.8, 4) is 5.88 Å². The number of piperidine rings is 1. The maximum atomic E-state index is 9.28. The highest BCUT2D eigenvalue weighted by molar-refractivity contribution is 5.54. The van der Waals surface area contributed by atoms with E-state index in [4.69, 9.17) is 10.5 Å². The van der Waals surface area contributed by atoms with Gasteiger partial charge in [0.05, 0.1) is 11.8 Å². The maximum absolute atomic E-state index is 9.28. The number of anilines is 2. The van der Waals surface area contributed by atoms with Crippen LogP contribution in [-0.4, -0.2) is 35.9 Å². The molecule has 5 heteroatoms. The lowest BCUT2D eigenvalue weighted by molar-refractivity contribution is 0.208. The summed E-state index contributed by atoms with van der Waals surface area (Å²) in [5.41, 5.74) is 6.44. The standard InChI is InChI=1S/C14H23N3O2/c1-10(2)19-14-12(15)5-6-13(16-14)17-7-3-4-11(8-17)9-18/h5-6,10-11,18H,3-4,7-9,15H2,1-2H3. The minimum Gasteiger partial charge on any atom is -0.473 e. The van der Waals surface area contributed by atoms with Crippen LogP contribution in [0, 0.1) is 5.92 Å². The molecule has 5 nitrogen and oxygen atoms in total. The van der Waals surface area contributed by atoms with Crippen LogP contribution in [0.4, 0.5) is 11.5 Å². The molecule has 2 rings (SSSR count). The minimum atomic E-state index is 0.0524. The highest BCUT2D eigenvalue weighted by atomic mass is 16.5. The predicted molar refractivity (Wildman–Crippen MR) is 76.4 cm³/mol. The molecule has 106 valence electrons. The molecule has 0 aromatic carbocycles. The second-order valence-corrected chi connectivity index (χ2v) is 5.37. The molecule has 1 fully saturated rings. The monoisotopic (exact) mass is 265 g/mol. The molecule has 0 radical (unpaired) electrons.